The van der Waals surface area contributed by atoms with E-state index in [1.165, 1.54) is 6.20 Å². The number of hydrogen-bond acceptors (Lipinski definition) is 5. The van der Waals surface area contributed by atoms with Gasteiger partial charge < -0.3 is 15.3 Å². The summed E-state index contributed by atoms with van der Waals surface area (Å²) in [5.74, 6) is -0.262. The van der Waals surface area contributed by atoms with Crippen LogP contribution in [-0.4, -0.2) is 46.7 Å². The third-order valence-corrected chi connectivity index (χ3v) is 3.37. The summed E-state index contributed by atoms with van der Waals surface area (Å²) in [5.41, 5.74) is -0.00879. The monoisotopic (exact) mass is 264 g/mol. The molecule has 0 spiro atoms. The van der Waals surface area contributed by atoms with Crippen LogP contribution in [0.3, 0.4) is 0 Å². The van der Waals surface area contributed by atoms with Crippen molar-refractivity contribution >= 4 is 11.8 Å². The van der Waals surface area contributed by atoms with Crippen LogP contribution >= 0.6 is 0 Å². The van der Waals surface area contributed by atoms with Crippen LogP contribution in [-0.2, 0) is 0 Å². The van der Waals surface area contributed by atoms with Crippen molar-refractivity contribution in [3.05, 3.63) is 18.1 Å². The number of carboxylic acid groups (broad SMARTS) is 1. The van der Waals surface area contributed by atoms with E-state index in [1.54, 1.807) is 6.20 Å². The standard InChI is InChI=1S/C13H20N4O2/c1-2-7-17(10-3-5-14-6-4-10)12-9-15-11(8-16-12)13(18)19/h8-10,14H,2-7H2,1H3,(H,18,19). The van der Waals surface area contributed by atoms with Crippen LogP contribution in [0, 0.1) is 0 Å². The summed E-state index contributed by atoms with van der Waals surface area (Å²) in [4.78, 5) is 21.2. The van der Waals surface area contributed by atoms with Crippen molar-refractivity contribution in [2.75, 3.05) is 24.5 Å². The molecule has 0 aliphatic carbocycles. The SMILES string of the molecule is CCCN(c1cnc(C(=O)O)cn1)C1CCNCC1. The fourth-order valence-electron chi connectivity index (χ4n) is 2.42. The van der Waals surface area contributed by atoms with E-state index in [2.05, 4.69) is 27.1 Å². The van der Waals surface area contributed by atoms with Crippen molar-refractivity contribution in [1.29, 1.82) is 0 Å². The van der Waals surface area contributed by atoms with Gasteiger partial charge in [-0.15, -0.1) is 0 Å². The summed E-state index contributed by atoms with van der Waals surface area (Å²) in [6.45, 7) is 5.09. The Labute approximate surface area is 112 Å². The second kappa shape index (κ2) is 6.47. The van der Waals surface area contributed by atoms with Crippen LogP contribution in [0.1, 0.15) is 36.7 Å². The number of nitrogens with zero attached hydrogens (tertiary/aromatic N) is 3. The summed E-state index contributed by atoms with van der Waals surface area (Å²) in [7, 11) is 0. The van der Waals surface area contributed by atoms with E-state index in [0.717, 1.165) is 44.7 Å². The average molecular weight is 264 g/mol. The van der Waals surface area contributed by atoms with Crippen LogP contribution in [0.2, 0.25) is 0 Å². The van der Waals surface area contributed by atoms with E-state index in [-0.39, 0.29) is 5.69 Å². The maximum Gasteiger partial charge on any atom is 0.356 e. The minimum absolute atomic E-state index is 0.00879. The van der Waals surface area contributed by atoms with Crippen LogP contribution in [0.5, 0.6) is 0 Å². The van der Waals surface area contributed by atoms with E-state index in [1.807, 2.05) is 0 Å². The number of piperidine rings is 1. The van der Waals surface area contributed by atoms with Gasteiger partial charge in [0.05, 0.1) is 12.4 Å². The van der Waals surface area contributed by atoms with Crippen LogP contribution in [0.15, 0.2) is 12.4 Å². The van der Waals surface area contributed by atoms with E-state index in [9.17, 15) is 4.79 Å². The fraction of sp³-hybridized carbons (Fsp3) is 0.615. The number of anilines is 1. The fourth-order valence-corrected chi connectivity index (χ4v) is 2.42. The quantitative estimate of drug-likeness (QED) is 0.830. The Morgan fingerprint density at radius 1 is 1.42 bits per heavy atom. The first kappa shape index (κ1) is 13.7. The molecule has 104 valence electrons. The number of aromatic nitrogens is 2. The number of hydrogen-bond donors (Lipinski definition) is 2. The van der Waals surface area contributed by atoms with Gasteiger partial charge in [0.25, 0.3) is 0 Å². The Morgan fingerprint density at radius 3 is 2.68 bits per heavy atom. The molecule has 6 heteroatoms. The molecule has 2 rings (SSSR count). The number of nitrogens with one attached hydrogen (secondary N) is 1. The topological polar surface area (TPSA) is 78.4 Å². The molecule has 1 fully saturated rings. The minimum atomic E-state index is -1.04. The molecule has 6 nitrogen and oxygen atoms in total. The molecule has 0 saturated carbocycles. The van der Waals surface area contributed by atoms with E-state index < -0.39 is 5.97 Å². The third kappa shape index (κ3) is 3.41. The highest BCUT2D eigenvalue weighted by molar-refractivity contribution is 5.84. The lowest BCUT2D eigenvalue weighted by molar-refractivity contribution is 0.0690. The average Bonchev–Trinajstić information content (AvgIpc) is 2.46. The molecule has 1 aromatic rings. The first-order valence-electron chi connectivity index (χ1n) is 6.75. The Balaban J connectivity index is 2.15. The predicted octanol–water partition coefficient (Wildman–Crippen LogP) is 1.14. The summed E-state index contributed by atoms with van der Waals surface area (Å²) in [6, 6.07) is 0.464. The first-order chi connectivity index (χ1) is 9.22. The second-order valence-electron chi connectivity index (χ2n) is 4.74. The van der Waals surface area contributed by atoms with Crippen molar-refractivity contribution < 1.29 is 9.90 Å². The second-order valence-corrected chi connectivity index (χ2v) is 4.74. The van der Waals surface area contributed by atoms with Crippen LogP contribution in [0.4, 0.5) is 5.82 Å². The molecular formula is C13H20N4O2. The molecule has 0 atom stereocenters. The minimum Gasteiger partial charge on any atom is -0.476 e. The van der Waals surface area contributed by atoms with Gasteiger partial charge in [0, 0.05) is 12.6 Å². The van der Waals surface area contributed by atoms with E-state index in [0.29, 0.717) is 6.04 Å². The molecule has 1 aromatic heterocycles. The van der Waals surface area contributed by atoms with E-state index >= 15 is 0 Å². The lowest BCUT2D eigenvalue weighted by Crippen LogP contribution is -2.44. The molecule has 2 heterocycles. The number of aromatic carboxylic acids is 1. The van der Waals surface area contributed by atoms with Crippen molar-refractivity contribution in [3.63, 3.8) is 0 Å². The lowest BCUT2D eigenvalue weighted by Gasteiger charge is -2.35. The highest BCUT2D eigenvalue weighted by atomic mass is 16.4. The molecule has 0 amide bonds. The molecule has 1 aliphatic heterocycles. The Kier molecular flexibility index (Phi) is 4.68. The van der Waals surface area contributed by atoms with Gasteiger partial charge in [0.2, 0.25) is 0 Å². The molecule has 19 heavy (non-hydrogen) atoms. The summed E-state index contributed by atoms with van der Waals surface area (Å²) in [5, 5.41) is 12.2. The normalized spacial score (nSPS) is 16.3. The zero-order valence-corrected chi connectivity index (χ0v) is 11.2. The zero-order chi connectivity index (χ0) is 13.7. The Hall–Kier alpha value is -1.69. The summed E-state index contributed by atoms with van der Waals surface area (Å²) >= 11 is 0. The van der Waals surface area contributed by atoms with Gasteiger partial charge in [-0.3, -0.25) is 0 Å². The third-order valence-electron chi connectivity index (χ3n) is 3.37. The first-order valence-corrected chi connectivity index (χ1v) is 6.75. The van der Waals surface area contributed by atoms with Gasteiger partial charge in [-0.2, -0.15) is 0 Å². The predicted molar refractivity (Wildman–Crippen MR) is 72.5 cm³/mol. The molecule has 1 saturated heterocycles. The molecule has 0 bridgehead atoms. The van der Waals surface area contributed by atoms with Crippen molar-refractivity contribution in [1.82, 2.24) is 15.3 Å². The molecule has 0 unspecified atom stereocenters. The summed E-state index contributed by atoms with van der Waals surface area (Å²) < 4.78 is 0. The Morgan fingerprint density at radius 2 is 2.16 bits per heavy atom. The van der Waals surface area contributed by atoms with Gasteiger partial charge in [0.1, 0.15) is 5.82 Å². The molecule has 2 N–H and O–H groups in total. The maximum atomic E-state index is 10.8. The molecule has 0 radical (unpaired) electrons. The van der Waals surface area contributed by atoms with E-state index in [4.69, 9.17) is 5.11 Å². The smallest absolute Gasteiger partial charge is 0.356 e. The molecule has 0 aromatic carbocycles. The van der Waals surface area contributed by atoms with Crippen molar-refractivity contribution in [2.45, 2.75) is 32.2 Å². The van der Waals surface area contributed by atoms with Crippen LogP contribution in [0.25, 0.3) is 0 Å². The van der Waals surface area contributed by atoms with Crippen LogP contribution < -0.4 is 10.2 Å². The highest BCUT2D eigenvalue weighted by Gasteiger charge is 2.22. The Bertz CT molecular complexity index is 415. The van der Waals surface area contributed by atoms with Gasteiger partial charge in [-0.25, -0.2) is 14.8 Å². The van der Waals surface area contributed by atoms with Gasteiger partial charge in [-0.1, -0.05) is 6.92 Å². The number of carboxylic acids is 1. The van der Waals surface area contributed by atoms with Gasteiger partial charge in [-0.05, 0) is 32.4 Å². The molecule has 1 aliphatic rings. The van der Waals surface area contributed by atoms with Gasteiger partial charge in [0.15, 0.2) is 5.69 Å². The zero-order valence-electron chi connectivity index (χ0n) is 11.2. The lowest BCUT2D eigenvalue weighted by atomic mass is 10.0. The number of rotatable bonds is 5. The number of carbonyl (C=O) groups is 1. The summed E-state index contributed by atoms with van der Waals surface area (Å²) in [6.07, 6.45) is 6.11. The van der Waals surface area contributed by atoms with Crippen molar-refractivity contribution in [2.24, 2.45) is 0 Å². The molecular weight excluding hydrogens is 244 g/mol. The highest BCUT2D eigenvalue weighted by Crippen LogP contribution is 2.19. The van der Waals surface area contributed by atoms with Crippen molar-refractivity contribution in [3.8, 4) is 0 Å². The largest absolute Gasteiger partial charge is 0.476 e. The maximum absolute atomic E-state index is 10.8. The van der Waals surface area contributed by atoms with Gasteiger partial charge >= 0.3 is 5.97 Å².